The van der Waals surface area contributed by atoms with Crippen molar-refractivity contribution in [2.75, 3.05) is 0 Å². The van der Waals surface area contributed by atoms with Crippen LogP contribution in [0.15, 0.2) is 0 Å². The largest absolute Gasteiger partial charge is 0.388 e. The minimum atomic E-state index is -0.689. The molecule has 2 nitrogen and oxygen atoms in total. The molecule has 2 fully saturated rings. The topological polar surface area (TPSA) is 44.0 Å². The van der Waals surface area contributed by atoms with Crippen molar-refractivity contribution in [3.8, 4) is 6.07 Å². The summed E-state index contributed by atoms with van der Waals surface area (Å²) < 4.78 is 0. The lowest BCUT2D eigenvalue weighted by Gasteiger charge is -2.56. The zero-order chi connectivity index (χ0) is 12.7. The van der Waals surface area contributed by atoms with E-state index in [1.807, 2.05) is 0 Å². The third kappa shape index (κ3) is 1.99. The van der Waals surface area contributed by atoms with Crippen molar-refractivity contribution in [3.05, 3.63) is 0 Å². The van der Waals surface area contributed by atoms with Crippen LogP contribution in [0.5, 0.6) is 0 Å². The normalized spacial score (nSPS) is 46.4. The van der Waals surface area contributed by atoms with E-state index in [1.165, 1.54) is 6.42 Å². The van der Waals surface area contributed by atoms with Gasteiger partial charge in [-0.05, 0) is 43.4 Å². The lowest BCUT2D eigenvalue weighted by Crippen LogP contribution is -2.58. The van der Waals surface area contributed by atoms with Gasteiger partial charge in [-0.15, -0.1) is 0 Å². The zero-order valence-corrected chi connectivity index (χ0v) is 11.4. The van der Waals surface area contributed by atoms with Gasteiger partial charge in [-0.3, -0.25) is 0 Å². The summed E-state index contributed by atoms with van der Waals surface area (Å²) in [5.74, 6) is 1.83. The van der Waals surface area contributed by atoms with E-state index in [9.17, 15) is 10.4 Å². The van der Waals surface area contributed by atoms with E-state index in [4.69, 9.17) is 0 Å². The van der Waals surface area contributed by atoms with Crippen molar-refractivity contribution >= 4 is 0 Å². The minimum Gasteiger partial charge on any atom is -0.388 e. The van der Waals surface area contributed by atoms with E-state index in [0.717, 1.165) is 32.1 Å². The number of aliphatic hydroxyl groups is 1. The Morgan fingerprint density at radius 1 is 1.29 bits per heavy atom. The highest BCUT2D eigenvalue weighted by Gasteiger charge is 2.59. The van der Waals surface area contributed by atoms with Gasteiger partial charge >= 0.3 is 0 Å². The number of nitriles is 1. The minimum absolute atomic E-state index is 0.448. The van der Waals surface area contributed by atoms with Crippen LogP contribution in [0.25, 0.3) is 0 Å². The fourth-order valence-corrected chi connectivity index (χ4v) is 3.85. The highest BCUT2D eigenvalue weighted by atomic mass is 16.3. The molecule has 2 aliphatic carbocycles. The molecule has 0 heterocycles. The van der Waals surface area contributed by atoms with E-state index in [-0.39, 0.29) is 0 Å². The second kappa shape index (κ2) is 4.28. The van der Waals surface area contributed by atoms with E-state index in [2.05, 4.69) is 26.8 Å². The number of hydrogen-bond donors (Lipinski definition) is 1. The first-order valence-corrected chi connectivity index (χ1v) is 7.06. The van der Waals surface area contributed by atoms with Gasteiger partial charge in [-0.25, -0.2) is 0 Å². The third-order valence-electron chi connectivity index (χ3n) is 5.24. The van der Waals surface area contributed by atoms with E-state index in [1.54, 1.807) is 0 Å². The van der Waals surface area contributed by atoms with Crippen LogP contribution in [0.2, 0.25) is 0 Å². The molecule has 2 saturated carbocycles. The summed E-state index contributed by atoms with van der Waals surface area (Å²) in [7, 11) is 0. The summed E-state index contributed by atoms with van der Waals surface area (Å²) in [6, 6.07) is 2.50. The van der Waals surface area contributed by atoms with Crippen molar-refractivity contribution in [3.63, 3.8) is 0 Å². The first kappa shape index (κ1) is 12.9. The summed E-state index contributed by atoms with van der Waals surface area (Å²) in [5.41, 5.74) is -1.14. The molecule has 0 bridgehead atoms. The Kier molecular flexibility index (Phi) is 3.25. The van der Waals surface area contributed by atoms with Crippen LogP contribution in [0.3, 0.4) is 0 Å². The molecular formula is C15H25NO. The molecule has 2 aliphatic rings. The lowest BCUT2D eigenvalue weighted by molar-refractivity contribution is -0.169. The predicted octanol–water partition coefficient (Wildman–Crippen LogP) is 3.50. The number of hydrogen-bond acceptors (Lipinski definition) is 2. The Morgan fingerprint density at radius 3 is 2.41 bits per heavy atom. The van der Waals surface area contributed by atoms with Crippen LogP contribution >= 0.6 is 0 Å². The van der Waals surface area contributed by atoms with Crippen molar-refractivity contribution in [1.82, 2.24) is 0 Å². The smallest absolute Gasteiger partial charge is 0.0863 e. The van der Waals surface area contributed by atoms with Gasteiger partial charge in [-0.1, -0.05) is 33.6 Å². The highest BCUT2D eigenvalue weighted by Crippen LogP contribution is 2.57. The maximum atomic E-state index is 10.8. The number of nitrogens with zero attached hydrogens (tertiary/aromatic N) is 1. The molecule has 0 aromatic carbocycles. The van der Waals surface area contributed by atoms with Gasteiger partial charge in [0.2, 0.25) is 0 Å². The van der Waals surface area contributed by atoms with E-state index in [0.29, 0.717) is 17.8 Å². The van der Waals surface area contributed by atoms with Gasteiger partial charge in [0.05, 0.1) is 17.1 Å². The fraction of sp³-hybridized carbons (Fsp3) is 0.933. The zero-order valence-electron chi connectivity index (χ0n) is 11.4. The molecule has 0 radical (unpaired) electrons. The van der Waals surface area contributed by atoms with Crippen molar-refractivity contribution in [1.29, 1.82) is 5.26 Å². The van der Waals surface area contributed by atoms with Crippen LogP contribution in [0.1, 0.15) is 59.3 Å². The molecule has 0 aromatic rings. The van der Waals surface area contributed by atoms with Gasteiger partial charge in [0.25, 0.3) is 0 Å². The Morgan fingerprint density at radius 2 is 1.94 bits per heavy atom. The summed E-state index contributed by atoms with van der Waals surface area (Å²) in [6.45, 7) is 6.65. The fourth-order valence-electron chi connectivity index (χ4n) is 3.85. The van der Waals surface area contributed by atoms with Crippen LogP contribution in [0.4, 0.5) is 0 Å². The summed E-state index contributed by atoms with van der Waals surface area (Å²) in [5, 5.41) is 20.4. The predicted molar refractivity (Wildman–Crippen MR) is 68.2 cm³/mol. The SMILES string of the molecule is CC1CCCC(C#N)(C2(O)CC(C(C)C)C2)C1. The van der Waals surface area contributed by atoms with Crippen LogP contribution in [-0.2, 0) is 0 Å². The summed E-state index contributed by atoms with van der Waals surface area (Å²) >= 11 is 0. The molecule has 0 spiro atoms. The average Bonchev–Trinajstić information content (AvgIpc) is 2.24. The average molecular weight is 235 g/mol. The molecular weight excluding hydrogens is 210 g/mol. The lowest BCUT2D eigenvalue weighted by atomic mass is 9.50. The summed E-state index contributed by atoms with van der Waals surface area (Å²) in [4.78, 5) is 0. The molecule has 96 valence electrons. The molecule has 0 aliphatic heterocycles. The standard InChI is InChI=1S/C15H25NO/c1-11(2)13-8-15(17,9-13)14(10-16)6-4-5-12(3)7-14/h11-13,17H,4-9H2,1-3H3. The quantitative estimate of drug-likeness (QED) is 0.796. The second-order valence-electron chi connectivity index (χ2n) is 6.84. The van der Waals surface area contributed by atoms with Gasteiger partial charge in [0.1, 0.15) is 0 Å². The van der Waals surface area contributed by atoms with Crippen LogP contribution in [-0.4, -0.2) is 10.7 Å². The molecule has 2 heteroatoms. The summed E-state index contributed by atoms with van der Waals surface area (Å²) in [6.07, 6.45) is 5.78. The maximum Gasteiger partial charge on any atom is 0.0863 e. The first-order valence-electron chi connectivity index (χ1n) is 7.06. The number of rotatable bonds is 2. The monoisotopic (exact) mass is 235 g/mol. The van der Waals surface area contributed by atoms with Gasteiger partial charge in [-0.2, -0.15) is 5.26 Å². The van der Waals surface area contributed by atoms with Crippen molar-refractivity contribution < 1.29 is 5.11 Å². The van der Waals surface area contributed by atoms with Crippen molar-refractivity contribution in [2.45, 2.75) is 64.9 Å². The van der Waals surface area contributed by atoms with Gasteiger partial charge in [0.15, 0.2) is 0 Å². The molecule has 1 N–H and O–H groups in total. The maximum absolute atomic E-state index is 10.8. The molecule has 17 heavy (non-hydrogen) atoms. The molecule has 2 atom stereocenters. The van der Waals surface area contributed by atoms with E-state index >= 15 is 0 Å². The Bertz CT molecular complexity index is 324. The van der Waals surface area contributed by atoms with Crippen LogP contribution < -0.4 is 0 Å². The van der Waals surface area contributed by atoms with E-state index < -0.39 is 11.0 Å². The molecule has 2 unspecified atom stereocenters. The molecule has 0 saturated heterocycles. The first-order chi connectivity index (χ1) is 7.92. The Balaban J connectivity index is 2.12. The van der Waals surface area contributed by atoms with Crippen LogP contribution in [0, 0.1) is 34.5 Å². The van der Waals surface area contributed by atoms with Gasteiger partial charge < -0.3 is 5.11 Å². The molecule has 2 rings (SSSR count). The Labute approximate surface area is 105 Å². The van der Waals surface area contributed by atoms with Crippen molar-refractivity contribution in [2.24, 2.45) is 23.2 Å². The second-order valence-corrected chi connectivity index (χ2v) is 6.84. The molecule has 0 amide bonds. The van der Waals surface area contributed by atoms with Gasteiger partial charge in [0, 0.05) is 0 Å². The molecule has 0 aromatic heterocycles. The highest BCUT2D eigenvalue weighted by molar-refractivity contribution is 5.17. The third-order valence-corrected chi connectivity index (χ3v) is 5.24. The Hall–Kier alpha value is -0.550.